The molecule has 166 valence electrons. The van der Waals surface area contributed by atoms with E-state index in [-0.39, 0.29) is 11.6 Å². The molecule has 9 heteroatoms. The first kappa shape index (κ1) is 21.6. The van der Waals surface area contributed by atoms with E-state index in [1.54, 1.807) is 12.4 Å². The lowest BCUT2D eigenvalue weighted by molar-refractivity contribution is 0.0497. The second kappa shape index (κ2) is 8.46. The highest BCUT2D eigenvalue weighted by molar-refractivity contribution is 5.89. The number of hydrogen-bond acceptors (Lipinski definition) is 6. The molecule has 0 unspecified atom stereocenters. The zero-order valence-electron chi connectivity index (χ0n) is 18.3. The summed E-state index contributed by atoms with van der Waals surface area (Å²) in [5, 5.41) is 11.9. The molecule has 1 aliphatic heterocycles. The molecule has 4 rings (SSSR count). The van der Waals surface area contributed by atoms with Gasteiger partial charge in [0.25, 0.3) is 0 Å². The van der Waals surface area contributed by atoms with Gasteiger partial charge >= 0.3 is 6.09 Å². The molecule has 1 aromatic carbocycles. The zero-order chi connectivity index (χ0) is 22.9. The summed E-state index contributed by atoms with van der Waals surface area (Å²) >= 11 is 0. The summed E-state index contributed by atoms with van der Waals surface area (Å²) in [5.41, 5.74) is 2.17. The molecule has 0 aliphatic carbocycles. The molecule has 2 aromatic heterocycles. The second-order valence-electron chi connectivity index (χ2n) is 8.84. The van der Waals surface area contributed by atoms with E-state index in [4.69, 9.17) is 15.0 Å². The van der Waals surface area contributed by atoms with Gasteiger partial charge in [-0.15, -0.1) is 0 Å². The molecule has 2 N–H and O–H groups in total. The van der Waals surface area contributed by atoms with Gasteiger partial charge in [-0.2, -0.15) is 5.26 Å². The summed E-state index contributed by atoms with van der Waals surface area (Å²) in [5.74, 6) is 0.131. The average molecular weight is 436 g/mol. The third kappa shape index (κ3) is 4.64. The van der Waals surface area contributed by atoms with Crippen LogP contribution in [-0.4, -0.2) is 45.8 Å². The van der Waals surface area contributed by atoms with E-state index in [1.807, 2.05) is 32.9 Å². The van der Waals surface area contributed by atoms with Gasteiger partial charge in [-0.25, -0.2) is 19.2 Å². The number of aromatic nitrogens is 3. The summed E-state index contributed by atoms with van der Waals surface area (Å²) in [6, 6.07) is 8.14. The van der Waals surface area contributed by atoms with Crippen LogP contribution in [0.15, 0.2) is 30.6 Å². The zero-order valence-corrected chi connectivity index (χ0v) is 18.3. The number of alkyl carbamates (subject to hydrolysis) is 1. The molecule has 3 aromatic rings. The molecular formula is C23H25FN6O2. The number of H-pyrrole nitrogens is 1. The van der Waals surface area contributed by atoms with Gasteiger partial charge in [-0.3, -0.25) is 0 Å². The number of carbonyl (C=O) groups is 1. The number of nitrogens with one attached hydrogen (secondary N) is 2. The lowest BCUT2D eigenvalue weighted by Crippen LogP contribution is -2.46. The Kier molecular flexibility index (Phi) is 5.70. The minimum Gasteiger partial charge on any atom is -0.444 e. The predicted molar refractivity (Wildman–Crippen MR) is 119 cm³/mol. The first-order chi connectivity index (χ1) is 15.2. The molecule has 1 saturated heterocycles. The molecule has 0 radical (unpaired) electrons. The lowest BCUT2D eigenvalue weighted by Gasteiger charge is -2.33. The van der Waals surface area contributed by atoms with Crippen molar-refractivity contribution in [1.29, 1.82) is 5.26 Å². The van der Waals surface area contributed by atoms with Crippen LogP contribution in [0, 0.1) is 17.1 Å². The van der Waals surface area contributed by atoms with Crippen LogP contribution in [0.4, 0.5) is 15.0 Å². The average Bonchev–Trinajstić information content (AvgIpc) is 3.21. The Bertz CT molecular complexity index is 1190. The van der Waals surface area contributed by atoms with Crippen LogP contribution in [0.3, 0.4) is 0 Å². The number of nitriles is 1. The molecular weight excluding hydrogens is 411 g/mol. The third-order valence-electron chi connectivity index (χ3n) is 5.29. The van der Waals surface area contributed by atoms with E-state index in [1.165, 1.54) is 12.1 Å². The van der Waals surface area contributed by atoms with Crippen molar-refractivity contribution in [1.82, 2.24) is 20.3 Å². The van der Waals surface area contributed by atoms with Crippen molar-refractivity contribution in [2.45, 2.75) is 45.3 Å². The van der Waals surface area contributed by atoms with Crippen molar-refractivity contribution in [3.8, 4) is 17.3 Å². The number of nitrogens with zero attached hydrogens (tertiary/aromatic N) is 4. The summed E-state index contributed by atoms with van der Waals surface area (Å²) in [6.45, 7) is 6.87. The van der Waals surface area contributed by atoms with Gasteiger partial charge < -0.3 is 19.9 Å². The number of carbonyl (C=O) groups excluding carboxylic acids is 1. The molecule has 8 nitrogen and oxygen atoms in total. The first-order valence-corrected chi connectivity index (χ1v) is 10.5. The van der Waals surface area contributed by atoms with Crippen LogP contribution in [0.1, 0.15) is 39.2 Å². The fourth-order valence-corrected chi connectivity index (χ4v) is 3.77. The number of benzene rings is 1. The van der Waals surface area contributed by atoms with E-state index in [2.05, 4.69) is 20.2 Å². The standard InChI is InChI=1S/C23H25FN6O2/c1-23(2,3)32-22(31)28-16-6-8-30(9-7-16)21-20-19(26-13-27-20)11-18(29-21)14-4-5-15(12-25)17(24)10-14/h4-5,10-11,13,16H,6-9H2,1-3H3,(H,26,27)(H,28,31). The maximum absolute atomic E-state index is 14.2. The molecule has 1 amide bonds. The van der Waals surface area contributed by atoms with Crippen LogP contribution < -0.4 is 10.2 Å². The largest absolute Gasteiger partial charge is 0.444 e. The van der Waals surface area contributed by atoms with Crippen molar-refractivity contribution in [3.63, 3.8) is 0 Å². The summed E-state index contributed by atoms with van der Waals surface area (Å²) in [7, 11) is 0. The number of ether oxygens (including phenoxy) is 1. The number of halogens is 1. The van der Waals surface area contributed by atoms with Crippen molar-refractivity contribution in [2.75, 3.05) is 18.0 Å². The smallest absolute Gasteiger partial charge is 0.407 e. The number of rotatable bonds is 3. The van der Waals surface area contributed by atoms with Crippen molar-refractivity contribution < 1.29 is 13.9 Å². The Morgan fingerprint density at radius 2 is 2.06 bits per heavy atom. The molecule has 0 bridgehead atoms. The Morgan fingerprint density at radius 1 is 1.31 bits per heavy atom. The normalized spacial score (nSPS) is 14.9. The van der Waals surface area contributed by atoms with E-state index in [0.29, 0.717) is 30.2 Å². The van der Waals surface area contributed by atoms with Gasteiger partial charge in [0, 0.05) is 24.7 Å². The Hall–Kier alpha value is -3.67. The van der Waals surface area contributed by atoms with Gasteiger partial charge in [-0.1, -0.05) is 6.07 Å². The number of imidazole rings is 1. The third-order valence-corrected chi connectivity index (χ3v) is 5.29. The van der Waals surface area contributed by atoms with Gasteiger partial charge in [0.2, 0.25) is 0 Å². The summed E-state index contributed by atoms with van der Waals surface area (Å²) < 4.78 is 19.5. The van der Waals surface area contributed by atoms with Gasteiger partial charge in [0.1, 0.15) is 23.0 Å². The fraction of sp³-hybridized carbons (Fsp3) is 0.391. The van der Waals surface area contributed by atoms with Crippen LogP contribution in [0.25, 0.3) is 22.3 Å². The van der Waals surface area contributed by atoms with Gasteiger partial charge in [-0.05, 0) is 51.8 Å². The van der Waals surface area contributed by atoms with E-state index >= 15 is 0 Å². The quantitative estimate of drug-likeness (QED) is 0.639. The Labute approximate surface area is 185 Å². The topological polar surface area (TPSA) is 107 Å². The molecule has 1 fully saturated rings. The highest BCUT2D eigenvalue weighted by Crippen LogP contribution is 2.30. The van der Waals surface area contributed by atoms with Crippen molar-refractivity contribution in [3.05, 3.63) is 42.0 Å². The number of anilines is 1. The number of aromatic amines is 1. The lowest BCUT2D eigenvalue weighted by atomic mass is 10.0. The molecule has 0 atom stereocenters. The van der Waals surface area contributed by atoms with Crippen molar-refractivity contribution >= 4 is 22.9 Å². The summed E-state index contributed by atoms with van der Waals surface area (Å²) in [4.78, 5) is 26.5. The fourth-order valence-electron chi connectivity index (χ4n) is 3.77. The number of piperidine rings is 1. The predicted octanol–water partition coefficient (Wildman–Crippen LogP) is 4.13. The molecule has 0 saturated carbocycles. The molecule has 3 heterocycles. The van der Waals surface area contributed by atoms with Crippen LogP contribution >= 0.6 is 0 Å². The van der Waals surface area contributed by atoms with Gasteiger partial charge in [0.15, 0.2) is 5.82 Å². The summed E-state index contributed by atoms with van der Waals surface area (Å²) in [6.07, 6.45) is 2.68. The monoisotopic (exact) mass is 436 g/mol. The Morgan fingerprint density at radius 3 is 2.72 bits per heavy atom. The van der Waals surface area contributed by atoms with Crippen LogP contribution in [0.2, 0.25) is 0 Å². The maximum Gasteiger partial charge on any atom is 0.407 e. The SMILES string of the molecule is CC(C)(C)OC(=O)NC1CCN(c2nc(-c3ccc(C#N)c(F)c3)cc3[nH]cnc23)CC1. The number of fused-ring (bicyclic) bond motifs is 1. The van der Waals surface area contributed by atoms with E-state index in [9.17, 15) is 9.18 Å². The Balaban J connectivity index is 1.54. The van der Waals surface area contributed by atoms with Crippen LogP contribution in [0.5, 0.6) is 0 Å². The van der Waals surface area contributed by atoms with E-state index < -0.39 is 17.5 Å². The van der Waals surface area contributed by atoms with Crippen LogP contribution in [-0.2, 0) is 4.74 Å². The first-order valence-electron chi connectivity index (χ1n) is 10.5. The highest BCUT2D eigenvalue weighted by Gasteiger charge is 2.26. The minimum atomic E-state index is -0.577. The maximum atomic E-state index is 14.2. The molecule has 0 spiro atoms. The van der Waals surface area contributed by atoms with Crippen molar-refractivity contribution in [2.24, 2.45) is 0 Å². The highest BCUT2D eigenvalue weighted by atomic mass is 19.1. The molecule has 32 heavy (non-hydrogen) atoms. The van der Waals surface area contributed by atoms with Gasteiger partial charge in [0.05, 0.1) is 23.1 Å². The molecule has 1 aliphatic rings. The number of hydrogen-bond donors (Lipinski definition) is 2. The number of pyridine rings is 1. The second-order valence-corrected chi connectivity index (χ2v) is 8.84. The minimum absolute atomic E-state index is 0.00356. The van der Waals surface area contributed by atoms with E-state index in [0.717, 1.165) is 23.9 Å². The number of amides is 1.